The number of ketones is 2. The summed E-state index contributed by atoms with van der Waals surface area (Å²) in [6, 6.07) is 0. The van der Waals surface area contributed by atoms with Gasteiger partial charge in [0.05, 0.1) is 5.60 Å². The fourth-order valence-electron chi connectivity index (χ4n) is 3.76. The quantitative estimate of drug-likeness (QED) is 0.178. The molecule has 0 spiro atoms. The van der Waals surface area contributed by atoms with Crippen LogP contribution in [0, 0.1) is 17.3 Å². The van der Waals surface area contributed by atoms with Gasteiger partial charge in [-0.2, -0.15) is 0 Å². The minimum Gasteiger partial charge on any atom is -0.378 e. The second-order valence-electron chi connectivity index (χ2n) is 10.3. The molecular weight excluding hydrogens is 438 g/mol. The Labute approximate surface area is 205 Å². The number of carbonyl (C=O) groups excluding carboxylic acids is 2. The fourth-order valence-corrected chi connectivity index (χ4v) is 4.08. The first-order valence-corrected chi connectivity index (χ1v) is 12.5. The zero-order valence-corrected chi connectivity index (χ0v) is 22.3. The highest BCUT2D eigenvalue weighted by atomic mass is 35.5. The predicted molar refractivity (Wildman–Crippen MR) is 136 cm³/mol. The average molecular weight is 482 g/mol. The van der Waals surface area contributed by atoms with E-state index in [9.17, 15) is 14.7 Å². The summed E-state index contributed by atoms with van der Waals surface area (Å²) in [5.74, 6) is 0.276. The van der Waals surface area contributed by atoms with Crippen molar-refractivity contribution in [2.24, 2.45) is 17.3 Å². The van der Waals surface area contributed by atoms with Gasteiger partial charge in [-0.25, -0.2) is 0 Å². The molecule has 0 heterocycles. The lowest BCUT2D eigenvalue weighted by molar-refractivity contribution is -0.121. The Morgan fingerprint density at radius 1 is 1.30 bits per heavy atom. The molecule has 0 amide bonds. The summed E-state index contributed by atoms with van der Waals surface area (Å²) in [6.45, 7) is 15.1. The van der Waals surface area contributed by atoms with Gasteiger partial charge in [0.1, 0.15) is 12.0 Å². The maximum atomic E-state index is 12.0. The number of halogens is 1. The molecule has 1 aliphatic carbocycles. The van der Waals surface area contributed by atoms with Crippen molar-refractivity contribution in [2.45, 2.75) is 92.4 Å². The second kappa shape index (κ2) is 13.6. The summed E-state index contributed by atoms with van der Waals surface area (Å²) in [7, 11) is 0. The summed E-state index contributed by atoms with van der Waals surface area (Å²) in [5, 5.41) is 14.8. The first-order chi connectivity index (χ1) is 15.3. The molecular formula is C27H44ClNO4. The van der Waals surface area contributed by atoms with Crippen LogP contribution in [0.2, 0.25) is 0 Å². The fraction of sp³-hybridized carbons (Fsp3) is 0.704. The summed E-state index contributed by atoms with van der Waals surface area (Å²) in [5.41, 5.74) is 0.416. The summed E-state index contributed by atoms with van der Waals surface area (Å²) in [4.78, 5) is 23.7. The van der Waals surface area contributed by atoms with Gasteiger partial charge in [-0.05, 0) is 50.3 Å². The van der Waals surface area contributed by atoms with E-state index in [0.717, 1.165) is 23.4 Å². The maximum absolute atomic E-state index is 12.0. The number of allylic oxidation sites excluding steroid dienone is 4. The van der Waals surface area contributed by atoms with Gasteiger partial charge < -0.3 is 9.84 Å². The first kappa shape index (κ1) is 29.8. The number of hydrogen-bond acceptors (Lipinski definition) is 5. The van der Waals surface area contributed by atoms with Crippen molar-refractivity contribution in [3.63, 3.8) is 0 Å². The number of rotatable bonds is 15. The van der Waals surface area contributed by atoms with Crippen molar-refractivity contribution < 1.29 is 19.4 Å². The van der Waals surface area contributed by atoms with E-state index in [1.54, 1.807) is 6.08 Å². The van der Waals surface area contributed by atoms with Gasteiger partial charge in [-0.15, -0.1) is 0 Å². The van der Waals surface area contributed by atoms with Gasteiger partial charge in [0.15, 0.2) is 5.78 Å². The third-order valence-electron chi connectivity index (χ3n) is 7.05. The molecule has 0 aromatic rings. The van der Waals surface area contributed by atoms with Gasteiger partial charge in [0.25, 0.3) is 0 Å². The lowest BCUT2D eigenvalue weighted by Crippen LogP contribution is -2.47. The van der Waals surface area contributed by atoms with Gasteiger partial charge in [-0.3, -0.25) is 14.9 Å². The van der Waals surface area contributed by atoms with Gasteiger partial charge in [0, 0.05) is 48.8 Å². The number of nitrogens with one attached hydrogen (secondary N) is 1. The Morgan fingerprint density at radius 2 is 1.97 bits per heavy atom. The molecule has 0 bridgehead atoms. The number of aliphatic hydroxyl groups excluding tert-OH is 1. The molecule has 0 radical (unpaired) electrons. The number of Topliss-reactive ketones (excluding diaryl/α,β-unsaturated/α-hetero) is 1. The zero-order chi connectivity index (χ0) is 25.2. The molecule has 0 fully saturated rings. The zero-order valence-electron chi connectivity index (χ0n) is 21.5. The van der Waals surface area contributed by atoms with Crippen molar-refractivity contribution in [3.05, 3.63) is 34.9 Å². The number of ether oxygens (including phenoxy) is 1. The van der Waals surface area contributed by atoms with Crippen LogP contribution in [0.4, 0.5) is 0 Å². The summed E-state index contributed by atoms with van der Waals surface area (Å²) in [6.07, 6.45) is 9.13. The van der Waals surface area contributed by atoms with Crippen LogP contribution in [0.3, 0.4) is 0 Å². The van der Waals surface area contributed by atoms with Crippen molar-refractivity contribution in [1.29, 1.82) is 0 Å². The lowest BCUT2D eigenvalue weighted by Gasteiger charge is -2.39. The molecule has 1 aliphatic rings. The molecule has 1 rings (SSSR count). The highest BCUT2D eigenvalue weighted by Crippen LogP contribution is 2.37. The van der Waals surface area contributed by atoms with E-state index < -0.39 is 6.23 Å². The van der Waals surface area contributed by atoms with Gasteiger partial charge >= 0.3 is 0 Å². The molecule has 0 aromatic carbocycles. The average Bonchev–Trinajstić information content (AvgIpc) is 2.73. The van der Waals surface area contributed by atoms with E-state index in [1.165, 1.54) is 6.08 Å². The molecule has 5 nitrogen and oxygen atoms in total. The van der Waals surface area contributed by atoms with Crippen molar-refractivity contribution >= 4 is 23.2 Å². The highest BCUT2D eigenvalue weighted by molar-refractivity contribution is 6.29. The van der Waals surface area contributed by atoms with E-state index in [2.05, 4.69) is 39.9 Å². The molecule has 0 aliphatic heterocycles. The molecule has 0 saturated heterocycles. The standard InChI is InChI=1S/C27H44ClNO4/c1-19(2)24(31)11-8-10-23(30)14-16-29-25(32)26(6,20(3)4)15-9-17-33-27(7)18-22(28)13-12-21(27)5/h8,10,12-13,19-20,25,29,32H,9,11,14-18H2,1-7H3/b10-8+. The van der Waals surface area contributed by atoms with Crippen LogP contribution >= 0.6 is 11.6 Å². The molecule has 2 N–H and O–H groups in total. The minimum atomic E-state index is -0.735. The Morgan fingerprint density at radius 3 is 2.58 bits per heavy atom. The van der Waals surface area contributed by atoms with Crippen LogP contribution < -0.4 is 5.32 Å². The molecule has 6 heteroatoms. The van der Waals surface area contributed by atoms with Crippen LogP contribution in [0.1, 0.15) is 80.6 Å². The topological polar surface area (TPSA) is 75.6 Å². The molecule has 3 atom stereocenters. The molecule has 3 unspecified atom stereocenters. The third kappa shape index (κ3) is 9.48. The van der Waals surface area contributed by atoms with Crippen molar-refractivity contribution in [1.82, 2.24) is 5.32 Å². The van der Waals surface area contributed by atoms with Crippen molar-refractivity contribution in [2.75, 3.05) is 13.2 Å². The summed E-state index contributed by atoms with van der Waals surface area (Å²) < 4.78 is 6.22. The van der Waals surface area contributed by atoms with E-state index in [-0.39, 0.29) is 47.3 Å². The molecule has 0 aromatic heterocycles. The molecule has 33 heavy (non-hydrogen) atoms. The number of aliphatic hydroxyl groups is 1. The molecule has 188 valence electrons. The van der Waals surface area contributed by atoms with E-state index in [4.69, 9.17) is 16.3 Å². The normalized spacial score (nSPS) is 21.8. The lowest BCUT2D eigenvalue weighted by atomic mass is 9.74. The monoisotopic (exact) mass is 481 g/mol. The van der Waals surface area contributed by atoms with Crippen LogP contribution in [0.25, 0.3) is 0 Å². The largest absolute Gasteiger partial charge is 0.378 e. The first-order valence-electron chi connectivity index (χ1n) is 12.1. The van der Waals surface area contributed by atoms with E-state index in [1.807, 2.05) is 26.0 Å². The van der Waals surface area contributed by atoms with E-state index in [0.29, 0.717) is 19.6 Å². The maximum Gasteiger partial charge on any atom is 0.156 e. The number of hydrogen-bond donors (Lipinski definition) is 2. The van der Waals surface area contributed by atoms with Crippen LogP contribution in [-0.4, -0.2) is 41.7 Å². The minimum absolute atomic E-state index is 0.0265. The van der Waals surface area contributed by atoms with Crippen LogP contribution in [0.5, 0.6) is 0 Å². The predicted octanol–water partition coefficient (Wildman–Crippen LogP) is 5.72. The third-order valence-corrected chi connectivity index (χ3v) is 7.31. The summed E-state index contributed by atoms with van der Waals surface area (Å²) >= 11 is 6.21. The Bertz CT molecular complexity index is 755. The van der Waals surface area contributed by atoms with E-state index >= 15 is 0 Å². The van der Waals surface area contributed by atoms with Gasteiger partial charge in [-0.1, -0.05) is 58.4 Å². The van der Waals surface area contributed by atoms with Crippen molar-refractivity contribution in [3.8, 4) is 0 Å². The SMILES string of the molecule is CC1=CC=C(Cl)CC1(C)OCCCC(C)(C(C)C)C(O)NCCC(=O)/C=C/CC(=O)C(C)C. The van der Waals surface area contributed by atoms with Crippen LogP contribution in [-0.2, 0) is 14.3 Å². The van der Waals surface area contributed by atoms with Crippen LogP contribution in [0.15, 0.2) is 34.9 Å². The second-order valence-corrected chi connectivity index (χ2v) is 10.8. The number of carbonyl (C=O) groups is 2. The Hall–Kier alpha value is -1.27. The smallest absolute Gasteiger partial charge is 0.156 e. The van der Waals surface area contributed by atoms with Gasteiger partial charge in [0.2, 0.25) is 0 Å². The highest BCUT2D eigenvalue weighted by Gasteiger charge is 2.36. The Kier molecular flexibility index (Phi) is 12.2. The Balaban J connectivity index is 2.48. The molecule has 0 saturated carbocycles.